The fraction of sp³-hybridized carbons (Fsp3) is 0.368. The van der Waals surface area contributed by atoms with Crippen LogP contribution in [0, 0.1) is 11.9 Å². The summed E-state index contributed by atoms with van der Waals surface area (Å²) in [5, 5.41) is 12.7. The Kier molecular flexibility index (Phi) is 4.98. The second kappa shape index (κ2) is 7.48. The maximum Gasteiger partial charge on any atom is 0.276 e. The second-order valence-corrected chi connectivity index (χ2v) is 7.16. The van der Waals surface area contributed by atoms with Gasteiger partial charge in [-0.2, -0.15) is 13.8 Å². The fourth-order valence-electron chi connectivity index (χ4n) is 3.66. The largest absolute Gasteiger partial charge is 0.503 e. The molecule has 0 saturated carbocycles. The highest BCUT2D eigenvalue weighted by Crippen LogP contribution is 2.29. The molecule has 4 heterocycles. The fourth-order valence-corrected chi connectivity index (χ4v) is 3.66. The van der Waals surface area contributed by atoms with Crippen LogP contribution in [0.15, 0.2) is 23.1 Å². The van der Waals surface area contributed by atoms with Crippen molar-refractivity contribution in [2.45, 2.75) is 38.7 Å². The maximum absolute atomic E-state index is 13.6. The van der Waals surface area contributed by atoms with Crippen molar-refractivity contribution in [1.29, 1.82) is 0 Å². The zero-order chi connectivity index (χ0) is 21.6. The first-order valence-electron chi connectivity index (χ1n) is 9.27. The second-order valence-electron chi connectivity index (χ2n) is 7.16. The Morgan fingerprint density at radius 3 is 2.87 bits per heavy atom. The number of hydrogen-bond donors (Lipinski definition) is 2. The van der Waals surface area contributed by atoms with Gasteiger partial charge in [0.05, 0.1) is 13.2 Å². The van der Waals surface area contributed by atoms with E-state index in [1.165, 1.54) is 15.7 Å². The van der Waals surface area contributed by atoms with E-state index >= 15 is 0 Å². The molecule has 4 rings (SSSR count). The molecule has 1 fully saturated rings. The highest BCUT2D eigenvalue weighted by molar-refractivity contribution is 5.99. The third-order valence-electron chi connectivity index (χ3n) is 5.25. The Hall–Kier alpha value is -3.34. The Morgan fingerprint density at radius 2 is 2.13 bits per heavy atom. The van der Waals surface area contributed by atoms with Crippen LogP contribution in [0.4, 0.5) is 8.78 Å². The average molecular weight is 420 g/mol. The molecule has 2 aromatic rings. The smallest absolute Gasteiger partial charge is 0.276 e. The van der Waals surface area contributed by atoms with Gasteiger partial charge in [0.2, 0.25) is 17.3 Å². The van der Waals surface area contributed by atoms with Crippen LogP contribution in [0.25, 0.3) is 0 Å². The zero-order valence-electron chi connectivity index (χ0n) is 15.9. The lowest BCUT2D eigenvalue weighted by atomic mass is 10.1. The molecule has 30 heavy (non-hydrogen) atoms. The van der Waals surface area contributed by atoms with E-state index in [2.05, 4.69) is 10.3 Å². The van der Waals surface area contributed by atoms with E-state index < -0.39 is 46.7 Å². The number of amides is 2. The van der Waals surface area contributed by atoms with Crippen molar-refractivity contribution in [3.8, 4) is 5.75 Å². The molecule has 11 heteroatoms. The van der Waals surface area contributed by atoms with Gasteiger partial charge >= 0.3 is 0 Å². The van der Waals surface area contributed by atoms with Crippen LogP contribution in [0.2, 0.25) is 0 Å². The molecule has 0 aromatic carbocycles. The van der Waals surface area contributed by atoms with Crippen molar-refractivity contribution in [3.05, 3.63) is 57.3 Å². The lowest BCUT2D eigenvalue weighted by molar-refractivity contribution is -0.112. The molecule has 158 valence electrons. The number of ether oxygens (including phenoxy) is 1. The average Bonchev–Trinajstić information content (AvgIpc) is 2.69. The van der Waals surface area contributed by atoms with E-state index in [4.69, 9.17) is 4.74 Å². The summed E-state index contributed by atoms with van der Waals surface area (Å²) in [5.74, 6) is -4.37. The lowest BCUT2D eigenvalue weighted by Gasteiger charge is -2.44. The molecule has 0 bridgehead atoms. The van der Waals surface area contributed by atoms with Gasteiger partial charge in [0, 0.05) is 24.3 Å². The van der Waals surface area contributed by atoms with Crippen LogP contribution in [-0.4, -0.2) is 50.2 Å². The van der Waals surface area contributed by atoms with Crippen molar-refractivity contribution < 1.29 is 28.2 Å². The molecule has 9 nitrogen and oxygen atoms in total. The topological polar surface area (TPSA) is 114 Å². The van der Waals surface area contributed by atoms with Crippen molar-refractivity contribution in [2.24, 2.45) is 0 Å². The number of rotatable bonds is 3. The van der Waals surface area contributed by atoms with E-state index in [9.17, 15) is 28.3 Å². The molecular formula is C19H18F2N4O5. The third kappa shape index (κ3) is 3.30. The van der Waals surface area contributed by atoms with Gasteiger partial charge in [0.25, 0.3) is 11.8 Å². The van der Waals surface area contributed by atoms with Crippen molar-refractivity contribution >= 4 is 11.8 Å². The Bertz CT molecular complexity index is 1100. The standard InChI is InChI=1S/C19H18F2N4O5/c1-9-4-5-30-13-8-24-7-11(15(26)16(27)14(24)19(29)25(9)13)18(28)22-6-10-2-3-12(20)23-17(10)21/h2-3,7,9,13,27H,4-6,8H2,1H3,(H,22,28). The number of nitrogens with zero attached hydrogens (tertiary/aromatic N) is 3. The molecule has 2 N–H and O–H groups in total. The molecule has 2 unspecified atom stereocenters. The van der Waals surface area contributed by atoms with Gasteiger partial charge < -0.3 is 24.6 Å². The number of pyridine rings is 2. The highest BCUT2D eigenvalue weighted by atomic mass is 19.1. The van der Waals surface area contributed by atoms with Gasteiger partial charge in [-0.3, -0.25) is 14.4 Å². The predicted molar refractivity (Wildman–Crippen MR) is 97.7 cm³/mol. The number of carbonyl (C=O) groups is 2. The molecule has 2 aliphatic heterocycles. The van der Waals surface area contributed by atoms with Gasteiger partial charge in [-0.25, -0.2) is 0 Å². The van der Waals surface area contributed by atoms with Crippen molar-refractivity contribution in [1.82, 2.24) is 19.8 Å². The minimum atomic E-state index is -1.09. The third-order valence-corrected chi connectivity index (χ3v) is 5.25. The van der Waals surface area contributed by atoms with E-state index in [0.29, 0.717) is 13.0 Å². The summed E-state index contributed by atoms with van der Waals surface area (Å²) < 4.78 is 33.5. The summed E-state index contributed by atoms with van der Waals surface area (Å²) >= 11 is 0. The van der Waals surface area contributed by atoms with Crippen LogP contribution in [0.1, 0.15) is 39.8 Å². The summed E-state index contributed by atoms with van der Waals surface area (Å²) in [7, 11) is 0. The maximum atomic E-state index is 13.6. The number of nitrogens with one attached hydrogen (secondary N) is 1. The van der Waals surface area contributed by atoms with Crippen LogP contribution < -0.4 is 10.7 Å². The monoisotopic (exact) mass is 420 g/mol. The number of carbonyl (C=O) groups excluding carboxylic acids is 2. The SMILES string of the molecule is CC1CCOC2Cn3cc(C(=O)NCc4ccc(F)nc4F)c(=O)c(O)c3C(=O)N12. The quantitative estimate of drug-likeness (QED) is 0.709. The molecule has 2 aliphatic rings. The van der Waals surface area contributed by atoms with Crippen molar-refractivity contribution in [2.75, 3.05) is 6.61 Å². The summed E-state index contributed by atoms with van der Waals surface area (Å²) in [5.41, 5.74) is -1.73. The van der Waals surface area contributed by atoms with Crippen LogP contribution in [-0.2, 0) is 17.8 Å². The zero-order valence-corrected chi connectivity index (χ0v) is 15.9. The molecule has 2 aromatic heterocycles. The van der Waals surface area contributed by atoms with Crippen LogP contribution in [0.3, 0.4) is 0 Å². The van der Waals surface area contributed by atoms with Crippen LogP contribution in [0.5, 0.6) is 5.75 Å². The molecule has 0 spiro atoms. The van der Waals surface area contributed by atoms with Crippen LogP contribution >= 0.6 is 0 Å². The summed E-state index contributed by atoms with van der Waals surface area (Å²) in [6.07, 6.45) is 1.22. The predicted octanol–water partition coefficient (Wildman–Crippen LogP) is 0.748. The van der Waals surface area contributed by atoms with E-state index in [1.807, 2.05) is 6.92 Å². The van der Waals surface area contributed by atoms with E-state index in [-0.39, 0.29) is 30.4 Å². The first-order chi connectivity index (χ1) is 14.3. The molecule has 0 radical (unpaired) electrons. The molecule has 0 aliphatic carbocycles. The van der Waals surface area contributed by atoms with E-state index in [0.717, 1.165) is 12.1 Å². The summed E-state index contributed by atoms with van der Waals surface area (Å²) in [6.45, 7) is 2.09. The molecular weight excluding hydrogens is 402 g/mol. The summed E-state index contributed by atoms with van der Waals surface area (Å²) in [6, 6.07) is 1.93. The highest BCUT2D eigenvalue weighted by Gasteiger charge is 2.41. The minimum absolute atomic E-state index is 0.0811. The Labute approximate surface area is 168 Å². The molecule has 2 amide bonds. The first-order valence-corrected chi connectivity index (χ1v) is 9.27. The number of fused-ring (bicyclic) bond motifs is 2. The van der Waals surface area contributed by atoms with E-state index in [1.54, 1.807) is 0 Å². The Balaban J connectivity index is 1.63. The van der Waals surface area contributed by atoms with Gasteiger partial charge in [-0.1, -0.05) is 0 Å². The summed E-state index contributed by atoms with van der Waals surface area (Å²) in [4.78, 5) is 42.4. The number of aromatic hydroxyl groups is 1. The number of aromatic nitrogens is 2. The van der Waals surface area contributed by atoms with Crippen molar-refractivity contribution in [3.63, 3.8) is 0 Å². The minimum Gasteiger partial charge on any atom is -0.503 e. The first kappa shape index (κ1) is 20.0. The van der Waals surface area contributed by atoms with Gasteiger partial charge in [-0.15, -0.1) is 0 Å². The Morgan fingerprint density at radius 1 is 1.37 bits per heavy atom. The van der Waals surface area contributed by atoms with Gasteiger partial charge in [0.1, 0.15) is 5.56 Å². The molecule has 2 atom stereocenters. The number of hydrogen-bond acceptors (Lipinski definition) is 6. The molecule has 1 saturated heterocycles. The normalized spacial score (nSPS) is 20.5. The van der Waals surface area contributed by atoms with Gasteiger partial charge in [0.15, 0.2) is 17.7 Å². The van der Waals surface area contributed by atoms with Gasteiger partial charge in [-0.05, 0) is 25.5 Å². The number of halogens is 2. The lowest BCUT2D eigenvalue weighted by Crippen LogP contribution is -2.57.